The van der Waals surface area contributed by atoms with Gasteiger partial charge < -0.3 is 11.1 Å². The van der Waals surface area contributed by atoms with Crippen molar-refractivity contribution in [1.82, 2.24) is 10.3 Å². The Morgan fingerprint density at radius 2 is 2.11 bits per heavy atom. The molecule has 0 spiro atoms. The van der Waals surface area contributed by atoms with Crippen molar-refractivity contribution in [3.05, 3.63) is 58.6 Å². The summed E-state index contributed by atoms with van der Waals surface area (Å²) < 4.78 is 14.0. The third-order valence-electron chi connectivity index (χ3n) is 2.78. The van der Waals surface area contributed by atoms with Gasteiger partial charge in [0.2, 0.25) is 0 Å². The van der Waals surface area contributed by atoms with E-state index >= 15 is 0 Å². The first-order valence-corrected chi connectivity index (χ1v) is 5.83. The Hall–Kier alpha value is -1.65. The molecule has 94 valence electrons. The molecule has 18 heavy (non-hydrogen) atoms. The zero-order valence-electron chi connectivity index (χ0n) is 9.82. The lowest BCUT2D eigenvalue weighted by Gasteiger charge is -2.19. The molecule has 2 aromatic rings. The Morgan fingerprint density at radius 1 is 1.33 bits per heavy atom. The van der Waals surface area contributed by atoms with Crippen molar-refractivity contribution < 1.29 is 4.39 Å². The largest absolute Gasteiger partial charge is 0.398 e. The zero-order chi connectivity index (χ0) is 13.1. The van der Waals surface area contributed by atoms with Gasteiger partial charge in [0.25, 0.3) is 0 Å². The fourth-order valence-electron chi connectivity index (χ4n) is 1.88. The fraction of sp³-hybridized carbons (Fsp3) is 0.154. The summed E-state index contributed by atoms with van der Waals surface area (Å²) in [5, 5.41) is 3.12. The quantitative estimate of drug-likeness (QED) is 0.897. The Kier molecular flexibility index (Phi) is 3.79. The maximum absolute atomic E-state index is 14.0. The Morgan fingerprint density at radius 3 is 2.78 bits per heavy atom. The lowest BCUT2D eigenvalue weighted by Crippen LogP contribution is -2.20. The smallest absolute Gasteiger partial charge is 0.146 e. The molecule has 3 N–H and O–H groups in total. The second-order valence-electron chi connectivity index (χ2n) is 3.87. The molecule has 1 heterocycles. The third-order valence-corrected chi connectivity index (χ3v) is 3.07. The predicted octanol–water partition coefficient (Wildman–Crippen LogP) is 2.77. The van der Waals surface area contributed by atoms with Crippen molar-refractivity contribution in [3.8, 4) is 0 Å². The number of hydrogen-bond acceptors (Lipinski definition) is 3. The summed E-state index contributed by atoms with van der Waals surface area (Å²) in [7, 11) is 1.73. The van der Waals surface area contributed by atoms with Gasteiger partial charge in [-0.2, -0.15) is 0 Å². The molecule has 0 saturated heterocycles. The van der Waals surface area contributed by atoms with Crippen LogP contribution in [0, 0.1) is 5.82 Å². The molecule has 0 radical (unpaired) electrons. The molecule has 1 atom stereocenters. The number of pyridine rings is 1. The Labute approximate surface area is 110 Å². The van der Waals surface area contributed by atoms with E-state index in [0.29, 0.717) is 11.3 Å². The van der Waals surface area contributed by atoms with Crippen LogP contribution in [-0.2, 0) is 0 Å². The average molecular weight is 266 g/mol. The normalized spacial score (nSPS) is 12.4. The molecule has 0 aliphatic heterocycles. The number of benzene rings is 1. The van der Waals surface area contributed by atoms with E-state index in [-0.39, 0.29) is 11.1 Å². The topological polar surface area (TPSA) is 50.9 Å². The van der Waals surface area contributed by atoms with Gasteiger partial charge in [0, 0.05) is 29.2 Å². The molecule has 5 heteroatoms. The average Bonchev–Trinajstić information content (AvgIpc) is 2.37. The summed E-state index contributed by atoms with van der Waals surface area (Å²) >= 11 is 5.79. The van der Waals surface area contributed by atoms with Crippen molar-refractivity contribution in [2.75, 3.05) is 12.8 Å². The van der Waals surface area contributed by atoms with E-state index in [1.807, 2.05) is 0 Å². The van der Waals surface area contributed by atoms with Crippen LogP contribution in [0.25, 0.3) is 0 Å². The fourth-order valence-corrected chi connectivity index (χ4v) is 2.06. The van der Waals surface area contributed by atoms with Gasteiger partial charge in [-0.15, -0.1) is 0 Å². The highest BCUT2D eigenvalue weighted by atomic mass is 35.5. The molecule has 0 bridgehead atoms. The van der Waals surface area contributed by atoms with Gasteiger partial charge in [0.05, 0.1) is 11.1 Å². The van der Waals surface area contributed by atoms with Crippen molar-refractivity contribution in [2.45, 2.75) is 6.04 Å². The minimum absolute atomic E-state index is 0.0928. The molecule has 0 aliphatic rings. The van der Waals surface area contributed by atoms with Gasteiger partial charge in [-0.1, -0.05) is 23.7 Å². The number of nitrogen functional groups attached to an aromatic ring is 1. The molecule has 3 nitrogen and oxygen atoms in total. The van der Waals surface area contributed by atoms with Gasteiger partial charge >= 0.3 is 0 Å². The van der Waals surface area contributed by atoms with E-state index in [1.54, 1.807) is 37.6 Å². The minimum atomic E-state index is -0.443. The van der Waals surface area contributed by atoms with Crippen LogP contribution < -0.4 is 11.1 Å². The van der Waals surface area contributed by atoms with Crippen LogP contribution in [0.5, 0.6) is 0 Å². The summed E-state index contributed by atoms with van der Waals surface area (Å²) in [5.41, 5.74) is 7.62. The molecular formula is C13H13ClFN3. The second-order valence-corrected chi connectivity index (χ2v) is 4.28. The van der Waals surface area contributed by atoms with Crippen LogP contribution >= 0.6 is 11.6 Å². The monoisotopic (exact) mass is 265 g/mol. The number of hydrogen-bond donors (Lipinski definition) is 2. The highest BCUT2D eigenvalue weighted by Crippen LogP contribution is 2.30. The highest BCUT2D eigenvalue weighted by Gasteiger charge is 2.19. The predicted molar refractivity (Wildman–Crippen MR) is 71.0 cm³/mol. The van der Waals surface area contributed by atoms with E-state index in [4.69, 9.17) is 17.3 Å². The SMILES string of the molecule is CNC(c1cnccc1N)c1cccc(Cl)c1F. The van der Waals surface area contributed by atoms with Crippen molar-refractivity contribution in [2.24, 2.45) is 0 Å². The molecule has 1 aromatic heterocycles. The maximum atomic E-state index is 14.0. The number of aromatic nitrogens is 1. The van der Waals surface area contributed by atoms with E-state index in [9.17, 15) is 4.39 Å². The first-order chi connectivity index (χ1) is 8.65. The standard InChI is InChI=1S/C13H13ClFN3/c1-17-13(9-7-18-6-5-11(9)16)8-3-2-4-10(14)12(8)15/h2-7,13,17H,1H3,(H2,16,18). The summed E-state index contributed by atoms with van der Waals surface area (Å²) in [6.45, 7) is 0. The Bertz CT molecular complexity index is 560. The lowest BCUT2D eigenvalue weighted by molar-refractivity contribution is 0.576. The van der Waals surface area contributed by atoms with Gasteiger partial charge in [-0.25, -0.2) is 4.39 Å². The number of nitrogens with two attached hydrogens (primary N) is 1. The van der Waals surface area contributed by atoms with Crippen molar-refractivity contribution in [3.63, 3.8) is 0 Å². The van der Waals surface area contributed by atoms with E-state index in [1.165, 1.54) is 6.07 Å². The van der Waals surface area contributed by atoms with Gasteiger partial charge in [-0.3, -0.25) is 4.98 Å². The molecule has 2 rings (SSSR count). The van der Waals surface area contributed by atoms with E-state index in [0.717, 1.165) is 5.56 Å². The van der Waals surface area contributed by atoms with E-state index < -0.39 is 5.82 Å². The lowest BCUT2D eigenvalue weighted by atomic mass is 9.98. The first-order valence-electron chi connectivity index (χ1n) is 5.45. The number of nitrogens with zero attached hydrogens (tertiary/aromatic N) is 1. The molecule has 0 fully saturated rings. The van der Waals surface area contributed by atoms with E-state index in [2.05, 4.69) is 10.3 Å². The van der Waals surface area contributed by atoms with Crippen molar-refractivity contribution >= 4 is 17.3 Å². The van der Waals surface area contributed by atoms with Crippen LogP contribution in [0.15, 0.2) is 36.7 Å². The van der Waals surface area contributed by atoms with Gasteiger partial charge in [-0.05, 0) is 19.2 Å². The minimum Gasteiger partial charge on any atom is -0.398 e. The van der Waals surface area contributed by atoms with Crippen LogP contribution in [-0.4, -0.2) is 12.0 Å². The molecule has 0 amide bonds. The third kappa shape index (κ3) is 2.30. The molecule has 1 unspecified atom stereocenters. The summed E-state index contributed by atoms with van der Waals surface area (Å²) in [6.07, 6.45) is 3.22. The van der Waals surface area contributed by atoms with Crippen LogP contribution in [0.3, 0.4) is 0 Å². The molecular weight excluding hydrogens is 253 g/mol. The number of anilines is 1. The van der Waals surface area contributed by atoms with Gasteiger partial charge in [0.15, 0.2) is 0 Å². The summed E-state index contributed by atoms with van der Waals surface area (Å²) in [4.78, 5) is 4.02. The zero-order valence-corrected chi connectivity index (χ0v) is 10.6. The van der Waals surface area contributed by atoms with Crippen LogP contribution in [0.1, 0.15) is 17.2 Å². The van der Waals surface area contributed by atoms with Crippen LogP contribution in [0.2, 0.25) is 5.02 Å². The second kappa shape index (κ2) is 5.33. The van der Waals surface area contributed by atoms with Crippen LogP contribution in [0.4, 0.5) is 10.1 Å². The molecule has 0 saturated carbocycles. The maximum Gasteiger partial charge on any atom is 0.146 e. The summed E-state index contributed by atoms with van der Waals surface area (Å²) in [5.74, 6) is -0.443. The number of halogens is 2. The molecule has 0 aliphatic carbocycles. The van der Waals surface area contributed by atoms with Crippen molar-refractivity contribution in [1.29, 1.82) is 0 Å². The Balaban J connectivity index is 2.53. The van der Waals surface area contributed by atoms with Gasteiger partial charge in [0.1, 0.15) is 5.82 Å². The summed E-state index contributed by atoms with van der Waals surface area (Å²) in [6, 6.07) is 6.20. The molecule has 1 aromatic carbocycles. The number of nitrogens with one attached hydrogen (secondary N) is 1. The number of rotatable bonds is 3. The first kappa shape index (κ1) is 12.8. The highest BCUT2D eigenvalue weighted by molar-refractivity contribution is 6.30.